The molecule has 0 saturated carbocycles. The van der Waals surface area contributed by atoms with Crippen LogP contribution in [0.15, 0.2) is 48.5 Å². The summed E-state index contributed by atoms with van der Waals surface area (Å²) in [5.74, 6) is -0.405. The number of anilines is 2. The van der Waals surface area contributed by atoms with Gasteiger partial charge in [0.1, 0.15) is 5.00 Å². The summed E-state index contributed by atoms with van der Waals surface area (Å²) in [5.41, 5.74) is 3.80. The molecule has 1 aliphatic rings. The smallest absolute Gasteiger partial charge is 0.258 e. The number of aryl methyl sites for hydroxylation is 2. The summed E-state index contributed by atoms with van der Waals surface area (Å²) in [6.07, 6.45) is 5.10. The number of thiophene rings is 1. The van der Waals surface area contributed by atoms with Crippen molar-refractivity contribution >= 4 is 45.4 Å². The summed E-state index contributed by atoms with van der Waals surface area (Å²) in [4.78, 5) is 27.4. The van der Waals surface area contributed by atoms with Crippen molar-refractivity contribution in [1.82, 2.24) is 0 Å². The molecular formula is C24H23ClN2O2S. The van der Waals surface area contributed by atoms with Gasteiger partial charge in [0.05, 0.1) is 5.56 Å². The molecule has 1 aromatic heterocycles. The van der Waals surface area contributed by atoms with E-state index in [-0.39, 0.29) is 11.8 Å². The zero-order chi connectivity index (χ0) is 21.1. The lowest BCUT2D eigenvalue weighted by Crippen LogP contribution is -2.18. The highest BCUT2D eigenvalue weighted by molar-refractivity contribution is 7.17. The van der Waals surface area contributed by atoms with Crippen LogP contribution in [0.1, 0.15) is 56.0 Å². The van der Waals surface area contributed by atoms with Crippen LogP contribution in [0.25, 0.3) is 0 Å². The van der Waals surface area contributed by atoms with Gasteiger partial charge < -0.3 is 10.6 Å². The Morgan fingerprint density at radius 3 is 2.53 bits per heavy atom. The highest BCUT2D eigenvalue weighted by Gasteiger charge is 2.26. The molecule has 0 radical (unpaired) electrons. The van der Waals surface area contributed by atoms with Crippen LogP contribution in [0, 0.1) is 6.92 Å². The average Bonchev–Trinajstić information content (AvgIpc) is 2.88. The molecule has 2 N–H and O–H groups in total. The molecule has 0 saturated heterocycles. The van der Waals surface area contributed by atoms with E-state index in [2.05, 4.69) is 10.6 Å². The number of benzene rings is 2. The van der Waals surface area contributed by atoms with E-state index >= 15 is 0 Å². The third kappa shape index (κ3) is 4.42. The highest BCUT2D eigenvalue weighted by atomic mass is 35.5. The average molecular weight is 439 g/mol. The number of nitrogens with one attached hydrogen (secondary N) is 2. The molecule has 0 aliphatic heterocycles. The summed E-state index contributed by atoms with van der Waals surface area (Å²) >= 11 is 7.59. The Balaban J connectivity index is 1.69. The lowest BCUT2D eigenvalue weighted by atomic mass is 10.0. The minimum absolute atomic E-state index is 0.193. The fourth-order valence-corrected chi connectivity index (χ4v) is 5.30. The molecule has 0 fully saturated rings. The van der Waals surface area contributed by atoms with Crippen LogP contribution in [0.2, 0.25) is 5.02 Å². The fraction of sp³-hybridized carbons (Fsp3) is 0.250. The first kappa shape index (κ1) is 20.6. The van der Waals surface area contributed by atoms with Crippen LogP contribution in [0.3, 0.4) is 0 Å². The van der Waals surface area contributed by atoms with Gasteiger partial charge in [-0.1, -0.05) is 42.3 Å². The maximum Gasteiger partial charge on any atom is 0.258 e. The van der Waals surface area contributed by atoms with Crippen molar-refractivity contribution in [2.75, 3.05) is 10.6 Å². The maximum atomic E-state index is 13.3. The molecule has 154 valence electrons. The summed E-state index contributed by atoms with van der Waals surface area (Å²) in [7, 11) is 0. The van der Waals surface area contributed by atoms with E-state index in [0.29, 0.717) is 26.8 Å². The van der Waals surface area contributed by atoms with Crippen LogP contribution in [0.4, 0.5) is 10.7 Å². The van der Waals surface area contributed by atoms with Gasteiger partial charge in [0.25, 0.3) is 11.8 Å². The third-order valence-electron chi connectivity index (χ3n) is 5.35. The predicted molar refractivity (Wildman–Crippen MR) is 124 cm³/mol. The monoisotopic (exact) mass is 438 g/mol. The number of hydrogen-bond donors (Lipinski definition) is 2. The largest absolute Gasteiger partial charge is 0.322 e. The Bertz CT molecular complexity index is 1110. The van der Waals surface area contributed by atoms with Crippen molar-refractivity contribution in [2.45, 2.75) is 39.0 Å². The first-order valence-corrected chi connectivity index (χ1v) is 11.3. The molecule has 6 heteroatoms. The van der Waals surface area contributed by atoms with Gasteiger partial charge in [-0.25, -0.2) is 0 Å². The van der Waals surface area contributed by atoms with E-state index in [1.165, 1.54) is 16.2 Å². The molecule has 2 amide bonds. The van der Waals surface area contributed by atoms with Gasteiger partial charge in [-0.3, -0.25) is 9.59 Å². The van der Waals surface area contributed by atoms with Gasteiger partial charge in [0.2, 0.25) is 0 Å². The van der Waals surface area contributed by atoms with Gasteiger partial charge in [0.15, 0.2) is 0 Å². The van der Waals surface area contributed by atoms with Crippen molar-refractivity contribution in [3.8, 4) is 0 Å². The van der Waals surface area contributed by atoms with Crippen molar-refractivity contribution in [2.24, 2.45) is 0 Å². The number of amides is 2. The van der Waals surface area contributed by atoms with Crippen LogP contribution < -0.4 is 10.6 Å². The minimum Gasteiger partial charge on any atom is -0.322 e. The third-order valence-corrected chi connectivity index (χ3v) is 6.79. The lowest BCUT2D eigenvalue weighted by Gasteiger charge is -2.11. The second kappa shape index (κ2) is 9.02. The van der Waals surface area contributed by atoms with E-state index in [4.69, 9.17) is 11.6 Å². The SMILES string of the molecule is Cc1ccccc1C(=O)Nc1sc2c(c1C(=O)Nc1cccc(Cl)c1)CCCCC2. The molecule has 30 heavy (non-hydrogen) atoms. The second-order valence-electron chi connectivity index (χ2n) is 7.50. The van der Waals surface area contributed by atoms with Crippen LogP contribution in [0.5, 0.6) is 0 Å². The Kier molecular flexibility index (Phi) is 6.21. The summed E-state index contributed by atoms with van der Waals surface area (Å²) in [6.45, 7) is 1.91. The molecule has 0 spiro atoms. The quantitative estimate of drug-likeness (QED) is 0.458. The number of hydrogen-bond acceptors (Lipinski definition) is 3. The normalized spacial score (nSPS) is 13.3. The van der Waals surface area contributed by atoms with E-state index < -0.39 is 0 Å². The Morgan fingerprint density at radius 1 is 0.933 bits per heavy atom. The number of halogens is 1. The zero-order valence-corrected chi connectivity index (χ0v) is 18.3. The zero-order valence-electron chi connectivity index (χ0n) is 16.8. The van der Waals surface area contributed by atoms with Crippen molar-refractivity contribution in [3.05, 3.63) is 80.7 Å². The Hall–Kier alpha value is -2.63. The summed E-state index contributed by atoms with van der Waals surface area (Å²) < 4.78 is 0. The number of fused-ring (bicyclic) bond motifs is 1. The first-order valence-electron chi connectivity index (χ1n) is 10.1. The molecule has 1 heterocycles. The van der Waals surface area contributed by atoms with Gasteiger partial charge in [0, 0.05) is 21.2 Å². The standard InChI is InChI=1S/C24H23ClN2O2S/c1-15-8-5-6-11-18(15)22(28)27-24-21(19-12-3-2-4-13-20(19)30-24)23(29)26-17-10-7-9-16(25)14-17/h5-11,14H,2-4,12-13H2,1H3,(H,26,29)(H,27,28). The predicted octanol–water partition coefficient (Wildman–Crippen LogP) is 6.48. The first-order chi connectivity index (χ1) is 14.5. The molecule has 0 bridgehead atoms. The Morgan fingerprint density at radius 2 is 1.73 bits per heavy atom. The molecule has 0 atom stereocenters. The van der Waals surface area contributed by atoms with Gasteiger partial charge in [-0.05, 0) is 68.0 Å². The van der Waals surface area contributed by atoms with Crippen LogP contribution >= 0.6 is 22.9 Å². The van der Waals surface area contributed by atoms with Gasteiger partial charge >= 0.3 is 0 Å². The van der Waals surface area contributed by atoms with E-state index in [1.807, 2.05) is 25.1 Å². The van der Waals surface area contributed by atoms with Gasteiger partial charge in [-0.15, -0.1) is 11.3 Å². The minimum atomic E-state index is -0.211. The van der Waals surface area contributed by atoms with Crippen molar-refractivity contribution in [1.29, 1.82) is 0 Å². The lowest BCUT2D eigenvalue weighted by molar-refractivity contribution is 0.102. The molecule has 3 aromatic rings. The second-order valence-corrected chi connectivity index (χ2v) is 9.04. The molecule has 4 rings (SSSR count). The van der Waals surface area contributed by atoms with Crippen molar-refractivity contribution < 1.29 is 9.59 Å². The highest BCUT2D eigenvalue weighted by Crippen LogP contribution is 2.38. The summed E-state index contributed by atoms with van der Waals surface area (Å²) in [5, 5.41) is 7.15. The number of carbonyl (C=O) groups is 2. The van der Waals surface area contributed by atoms with Gasteiger partial charge in [-0.2, -0.15) is 0 Å². The van der Waals surface area contributed by atoms with E-state index in [1.54, 1.807) is 30.3 Å². The molecule has 4 nitrogen and oxygen atoms in total. The summed E-state index contributed by atoms with van der Waals surface area (Å²) in [6, 6.07) is 14.5. The van der Waals surface area contributed by atoms with Crippen LogP contribution in [-0.2, 0) is 12.8 Å². The van der Waals surface area contributed by atoms with Crippen LogP contribution in [-0.4, -0.2) is 11.8 Å². The molecule has 2 aromatic carbocycles. The Labute approximate surface area is 185 Å². The maximum absolute atomic E-state index is 13.3. The molecule has 1 aliphatic carbocycles. The number of rotatable bonds is 4. The molecule has 0 unspecified atom stereocenters. The van der Waals surface area contributed by atoms with E-state index in [9.17, 15) is 9.59 Å². The molecular weight excluding hydrogens is 416 g/mol. The topological polar surface area (TPSA) is 58.2 Å². The fourth-order valence-electron chi connectivity index (χ4n) is 3.83. The number of carbonyl (C=O) groups excluding carboxylic acids is 2. The van der Waals surface area contributed by atoms with Crippen molar-refractivity contribution in [3.63, 3.8) is 0 Å². The van der Waals surface area contributed by atoms with E-state index in [0.717, 1.165) is 43.2 Å².